The van der Waals surface area contributed by atoms with Gasteiger partial charge >= 0.3 is 5.97 Å². The second kappa shape index (κ2) is 4.33. The second-order valence-electron chi connectivity index (χ2n) is 2.47. The zero-order chi connectivity index (χ0) is 11.6. The average molecular weight is 344 g/mol. The summed E-state index contributed by atoms with van der Waals surface area (Å²) in [5.41, 5.74) is -0.578. The summed E-state index contributed by atoms with van der Waals surface area (Å²) >= 11 is -1.87. The molecule has 2 N–H and O–H groups in total. The molecule has 15 heavy (non-hydrogen) atoms. The summed E-state index contributed by atoms with van der Waals surface area (Å²) in [6.07, 6.45) is 0. The van der Waals surface area contributed by atoms with Crippen molar-refractivity contribution in [2.45, 2.75) is 4.90 Å². The van der Waals surface area contributed by atoms with Gasteiger partial charge in [0.1, 0.15) is 4.90 Å². The zero-order valence-electron chi connectivity index (χ0n) is 7.05. The third kappa shape index (κ3) is 2.58. The van der Waals surface area contributed by atoms with Gasteiger partial charge in [0.15, 0.2) is 21.2 Å². The third-order valence-corrected chi connectivity index (χ3v) is 4.23. The van der Waals surface area contributed by atoms with Gasteiger partial charge in [-0.15, -0.1) is 0 Å². The lowest BCUT2D eigenvalue weighted by Gasteiger charge is -2.03. The van der Waals surface area contributed by atoms with Crippen LogP contribution in [-0.2, 0) is 13.2 Å². The lowest BCUT2D eigenvalue weighted by molar-refractivity contribution is 0.0692. The normalized spacial score (nSPS) is 11.3. The molecule has 0 saturated heterocycles. The van der Waals surface area contributed by atoms with Gasteiger partial charge in [0.25, 0.3) is 10.1 Å². The van der Waals surface area contributed by atoms with Gasteiger partial charge in [-0.05, 0) is 12.1 Å². The molecule has 1 aromatic rings. The van der Waals surface area contributed by atoms with E-state index in [1.165, 1.54) is 12.1 Å². The van der Waals surface area contributed by atoms with E-state index in [1.807, 2.05) is 0 Å². The van der Waals surface area contributed by atoms with Crippen LogP contribution in [0.5, 0.6) is 0 Å². The quantitative estimate of drug-likeness (QED) is 0.628. The van der Waals surface area contributed by atoms with Gasteiger partial charge in [-0.25, -0.2) is 4.79 Å². The van der Waals surface area contributed by atoms with Gasteiger partial charge in [-0.3, -0.25) is 7.62 Å². The van der Waals surface area contributed by atoms with Crippen LogP contribution in [0, 0.1) is 3.57 Å². The minimum absolute atomic E-state index is 0.156. The lowest BCUT2D eigenvalue weighted by atomic mass is 10.2. The van der Waals surface area contributed by atoms with E-state index in [1.54, 1.807) is 0 Å². The minimum atomic E-state index is -4.67. The molecule has 0 amide bonds. The molecule has 1 rings (SSSR count). The van der Waals surface area contributed by atoms with Gasteiger partial charge in [-0.1, -0.05) is 6.07 Å². The SMILES string of the molecule is O=Ic1cccc(C(=O)O)c1S(=O)(=O)O. The predicted octanol–water partition coefficient (Wildman–Crippen LogP) is 1.12. The molecular formula is C7H5IO6S. The standard InChI is InChI=1S/C7H5IO6S/c9-7(10)4-2-1-3-5(8-11)6(4)15(12,13)14/h1-3H,(H,9,10)(H,12,13,14). The minimum Gasteiger partial charge on any atom is -0.478 e. The van der Waals surface area contributed by atoms with Crippen LogP contribution in [0.2, 0.25) is 0 Å². The molecule has 0 atom stereocenters. The Morgan fingerprint density at radius 1 is 1.33 bits per heavy atom. The monoisotopic (exact) mass is 344 g/mol. The Morgan fingerprint density at radius 2 is 1.93 bits per heavy atom. The van der Waals surface area contributed by atoms with Crippen LogP contribution < -0.4 is 0 Å². The molecule has 82 valence electrons. The highest BCUT2D eigenvalue weighted by Crippen LogP contribution is 2.24. The van der Waals surface area contributed by atoms with Crippen molar-refractivity contribution < 1.29 is 25.9 Å². The van der Waals surface area contributed by atoms with Crippen molar-refractivity contribution in [3.8, 4) is 0 Å². The number of carbonyl (C=O) groups is 1. The number of halogens is 1. The third-order valence-electron chi connectivity index (χ3n) is 1.54. The summed E-state index contributed by atoms with van der Waals surface area (Å²) < 4.78 is 41.2. The van der Waals surface area contributed by atoms with Gasteiger partial charge in [0.2, 0.25) is 0 Å². The lowest BCUT2D eigenvalue weighted by Crippen LogP contribution is -2.10. The van der Waals surface area contributed by atoms with E-state index in [2.05, 4.69) is 0 Å². The van der Waals surface area contributed by atoms with Crippen LogP contribution in [-0.4, -0.2) is 24.0 Å². The maximum Gasteiger partial charge on any atom is 0.337 e. The Labute approximate surface area is 95.3 Å². The summed E-state index contributed by atoms with van der Waals surface area (Å²) in [5.74, 6) is -1.50. The highest BCUT2D eigenvalue weighted by Gasteiger charge is 2.24. The molecule has 0 aliphatic rings. The molecule has 0 radical (unpaired) electrons. The van der Waals surface area contributed by atoms with Crippen LogP contribution >= 0.6 is 21.2 Å². The molecule has 0 heterocycles. The molecule has 0 aliphatic carbocycles. The summed E-state index contributed by atoms with van der Waals surface area (Å²) in [6.45, 7) is 0. The van der Waals surface area contributed by atoms with Gasteiger partial charge in [-0.2, -0.15) is 8.42 Å². The Balaban J connectivity index is 3.70. The van der Waals surface area contributed by atoms with Crippen molar-refractivity contribution in [1.82, 2.24) is 0 Å². The van der Waals surface area contributed by atoms with Crippen molar-refractivity contribution in [1.29, 1.82) is 0 Å². The Bertz CT molecular complexity index is 520. The number of carboxylic acids is 1. The fraction of sp³-hybridized carbons (Fsp3) is 0. The summed E-state index contributed by atoms with van der Waals surface area (Å²) in [7, 11) is -4.67. The van der Waals surface area contributed by atoms with Crippen molar-refractivity contribution in [2.75, 3.05) is 0 Å². The number of carboxylic acid groups (broad SMARTS) is 1. The number of hydrogen-bond donors (Lipinski definition) is 2. The summed E-state index contributed by atoms with van der Waals surface area (Å²) in [5, 5.41) is 8.68. The first kappa shape index (κ1) is 12.2. The molecule has 0 aromatic heterocycles. The first-order valence-corrected chi connectivity index (χ1v) is 6.88. The van der Waals surface area contributed by atoms with Crippen LogP contribution in [0.15, 0.2) is 23.1 Å². The van der Waals surface area contributed by atoms with Crippen LogP contribution in [0.3, 0.4) is 0 Å². The number of rotatable bonds is 3. The Hall–Kier alpha value is -0.870. The number of aromatic carboxylic acids is 1. The highest BCUT2D eigenvalue weighted by atomic mass is 127. The smallest absolute Gasteiger partial charge is 0.337 e. The van der Waals surface area contributed by atoms with E-state index in [0.717, 1.165) is 6.07 Å². The van der Waals surface area contributed by atoms with Crippen LogP contribution in [0.4, 0.5) is 0 Å². The predicted molar refractivity (Wildman–Crippen MR) is 56.6 cm³/mol. The second-order valence-corrected chi connectivity index (χ2v) is 5.43. The molecule has 0 unspecified atom stereocenters. The molecule has 1 aromatic carbocycles. The van der Waals surface area contributed by atoms with Gasteiger partial charge < -0.3 is 5.11 Å². The zero-order valence-corrected chi connectivity index (χ0v) is 10.0. The fourth-order valence-corrected chi connectivity index (χ4v) is 3.64. The molecule has 6 nitrogen and oxygen atoms in total. The Kier molecular flexibility index (Phi) is 3.52. The van der Waals surface area contributed by atoms with Crippen molar-refractivity contribution >= 4 is 37.3 Å². The molecule has 0 fully saturated rings. The van der Waals surface area contributed by atoms with Crippen LogP contribution in [0.25, 0.3) is 0 Å². The van der Waals surface area contributed by atoms with Gasteiger partial charge in [0.05, 0.1) is 9.13 Å². The molecule has 0 spiro atoms. The fourth-order valence-electron chi connectivity index (χ4n) is 1.00. The number of benzene rings is 1. The number of hydrogen-bond acceptors (Lipinski definition) is 4. The van der Waals surface area contributed by atoms with E-state index in [-0.39, 0.29) is 3.57 Å². The maximum absolute atomic E-state index is 10.9. The average Bonchev–Trinajstić information content (AvgIpc) is 2.15. The van der Waals surface area contributed by atoms with Gasteiger partial charge in [0, 0.05) is 0 Å². The first-order valence-electron chi connectivity index (χ1n) is 3.49. The summed E-state index contributed by atoms with van der Waals surface area (Å²) in [4.78, 5) is 9.89. The highest BCUT2D eigenvalue weighted by molar-refractivity contribution is 14.1. The van der Waals surface area contributed by atoms with E-state index < -0.39 is 47.7 Å². The molecule has 0 saturated carbocycles. The first-order chi connectivity index (χ1) is 6.88. The summed E-state index contributed by atoms with van der Waals surface area (Å²) in [6, 6.07) is 3.50. The van der Waals surface area contributed by atoms with E-state index >= 15 is 0 Å². The molecule has 0 bridgehead atoms. The molecule has 8 heteroatoms. The maximum atomic E-state index is 10.9. The van der Waals surface area contributed by atoms with E-state index in [4.69, 9.17) is 9.66 Å². The van der Waals surface area contributed by atoms with Crippen molar-refractivity contribution in [2.24, 2.45) is 0 Å². The van der Waals surface area contributed by atoms with Crippen molar-refractivity contribution in [3.63, 3.8) is 0 Å². The van der Waals surface area contributed by atoms with Crippen molar-refractivity contribution in [3.05, 3.63) is 27.3 Å². The van der Waals surface area contributed by atoms with E-state index in [0.29, 0.717) is 0 Å². The molecular weight excluding hydrogens is 339 g/mol. The topological polar surface area (TPSA) is 109 Å². The Morgan fingerprint density at radius 3 is 2.33 bits per heavy atom. The largest absolute Gasteiger partial charge is 0.478 e. The van der Waals surface area contributed by atoms with Crippen LogP contribution in [0.1, 0.15) is 10.4 Å². The van der Waals surface area contributed by atoms with E-state index in [9.17, 15) is 16.3 Å². The molecule has 0 aliphatic heterocycles.